The van der Waals surface area contributed by atoms with Crippen LogP contribution in [0.25, 0.3) is 17.0 Å². The normalized spacial score (nSPS) is 33.3. The van der Waals surface area contributed by atoms with Gasteiger partial charge in [0.15, 0.2) is 6.10 Å². The molecule has 11 heteroatoms. The van der Waals surface area contributed by atoms with Gasteiger partial charge >= 0.3 is 5.97 Å². The molecule has 2 aliphatic heterocycles. The number of benzene rings is 1. The molecule has 3 heterocycles. The van der Waals surface area contributed by atoms with Crippen molar-refractivity contribution < 1.29 is 29.3 Å². The number of aliphatic hydroxyl groups is 2. The highest BCUT2D eigenvalue weighted by molar-refractivity contribution is 5.91. The second-order valence-corrected chi connectivity index (χ2v) is 12.9. The lowest BCUT2D eigenvalue weighted by Gasteiger charge is -2.38. The summed E-state index contributed by atoms with van der Waals surface area (Å²) in [6.07, 6.45) is 4.12. The smallest absolute Gasteiger partial charge is 0.316 e. The zero-order valence-corrected chi connectivity index (χ0v) is 26.0. The number of aliphatic hydroxyl groups excluding tert-OH is 2. The lowest BCUT2D eigenvalue weighted by atomic mass is 9.72. The number of nitrogens with one attached hydrogen (secondary N) is 3. The Balaban J connectivity index is 1.53. The van der Waals surface area contributed by atoms with Crippen LogP contribution < -0.4 is 16.1 Å². The van der Waals surface area contributed by atoms with Gasteiger partial charge in [0.1, 0.15) is 12.3 Å². The van der Waals surface area contributed by atoms with Gasteiger partial charge in [-0.15, -0.1) is 0 Å². The molecule has 1 spiro atoms. The van der Waals surface area contributed by atoms with E-state index in [0.717, 1.165) is 22.2 Å². The fraction of sp³-hybridized carbons (Fsp3) is 0.576. The number of rotatable bonds is 1. The molecular formula is C33H45N5O6. The number of hydrazine groups is 1. The Morgan fingerprint density at radius 3 is 2.48 bits per heavy atom. The summed E-state index contributed by atoms with van der Waals surface area (Å²) in [7, 11) is 0. The number of hydrogen-bond donors (Lipinski definition) is 5. The average Bonchev–Trinajstić information content (AvgIpc) is 3.01. The highest BCUT2D eigenvalue weighted by Crippen LogP contribution is 2.40. The Kier molecular flexibility index (Phi) is 9.69. The van der Waals surface area contributed by atoms with Gasteiger partial charge in [0.2, 0.25) is 0 Å². The maximum Gasteiger partial charge on any atom is 0.316 e. The highest BCUT2D eigenvalue weighted by atomic mass is 16.5. The quantitative estimate of drug-likeness (QED) is 0.308. The summed E-state index contributed by atoms with van der Waals surface area (Å²) in [5.41, 5.74) is 4.49. The summed E-state index contributed by atoms with van der Waals surface area (Å²) in [5, 5.41) is 29.7. The molecule has 2 amide bonds. The molecule has 5 atom stereocenters. The van der Waals surface area contributed by atoms with Crippen LogP contribution in [-0.4, -0.2) is 75.1 Å². The Labute approximate surface area is 258 Å². The summed E-state index contributed by atoms with van der Waals surface area (Å²) in [4.78, 5) is 45.6. The first-order valence-corrected chi connectivity index (χ1v) is 15.8. The van der Waals surface area contributed by atoms with E-state index in [1.165, 1.54) is 5.01 Å². The Morgan fingerprint density at radius 2 is 1.75 bits per heavy atom. The van der Waals surface area contributed by atoms with Gasteiger partial charge in [0.25, 0.3) is 11.8 Å². The van der Waals surface area contributed by atoms with Gasteiger partial charge in [-0.1, -0.05) is 44.2 Å². The Morgan fingerprint density at radius 1 is 1.02 bits per heavy atom. The fourth-order valence-corrected chi connectivity index (χ4v) is 6.28. The summed E-state index contributed by atoms with van der Waals surface area (Å²) >= 11 is 0. The number of ether oxygens (including phenoxy) is 1. The van der Waals surface area contributed by atoms with Crippen molar-refractivity contribution in [3.63, 3.8) is 0 Å². The van der Waals surface area contributed by atoms with Crippen molar-refractivity contribution in [1.29, 1.82) is 0 Å². The molecule has 5 N–H and O–H groups in total. The maximum absolute atomic E-state index is 13.9. The van der Waals surface area contributed by atoms with Crippen molar-refractivity contribution in [2.45, 2.75) is 103 Å². The van der Waals surface area contributed by atoms with Crippen molar-refractivity contribution >= 4 is 34.8 Å². The standard InChI is InChI=1S/C33H45N5O6/c1-19(2)28-30(41)35-21(4)31(42)38-17-5-6-26(37-38)29(40)34-20(3)25-10-9-23-8-7-22(18-27(23)36-25)11-14-33(32(43)44-28)15-12-24(39)13-16-33/h7-11,14,18-21,24,26,28-29,34,37,39-40H,5-6,12-13,15-17H2,1-4H3,(H,35,41)/b14-11+. The van der Waals surface area contributed by atoms with Gasteiger partial charge in [-0.05, 0) is 76.0 Å². The number of carbonyl (C=O) groups excluding carboxylic acids is 3. The van der Waals surface area contributed by atoms with E-state index in [9.17, 15) is 24.6 Å². The van der Waals surface area contributed by atoms with Crippen molar-refractivity contribution in [3.8, 4) is 0 Å². The van der Waals surface area contributed by atoms with Gasteiger partial charge in [-0.3, -0.25) is 29.7 Å². The van der Waals surface area contributed by atoms with E-state index in [-0.39, 0.29) is 17.9 Å². The SMILES string of the molecule is CC1NC(=O)C(C(C)C)OC(=O)C2(/C=C/c3ccc4ccc(nc4c3)C(C)NC(O)C3CCCN(N3)C1=O)CCC(O)CC2. The Bertz CT molecular complexity index is 1400. The van der Waals surface area contributed by atoms with E-state index >= 15 is 0 Å². The molecule has 1 aromatic carbocycles. The molecule has 5 rings (SSSR count). The van der Waals surface area contributed by atoms with Crippen LogP contribution in [0.4, 0.5) is 0 Å². The Hall–Kier alpha value is -3.38. The summed E-state index contributed by atoms with van der Waals surface area (Å²) in [6.45, 7) is 7.54. The van der Waals surface area contributed by atoms with Crippen LogP contribution in [0.15, 0.2) is 36.4 Å². The van der Waals surface area contributed by atoms with Crippen molar-refractivity contribution in [2.24, 2.45) is 11.3 Å². The molecule has 5 bridgehead atoms. The van der Waals surface area contributed by atoms with Gasteiger partial charge in [-0.2, -0.15) is 0 Å². The van der Waals surface area contributed by atoms with E-state index in [1.54, 1.807) is 20.8 Å². The molecule has 0 radical (unpaired) electrons. The lowest BCUT2D eigenvalue weighted by Crippen LogP contribution is -2.62. The van der Waals surface area contributed by atoms with Crippen molar-refractivity contribution in [2.75, 3.05) is 6.54 Å². The second kappa shape index (κ2) is 13.3. The molecular weight excluding hydrogens is 562 g/mol. The first kappa shape index (κ1) is 32.0. The highest BCUT2D eigenvalue weighted by Gasteiger charge is 2.43. The van der Waals surface area contributed by atoms with Crippen LogP contribution in [-0.2, 0) is 19.1 Å². The van der Waals surface area contributed by atoms with Crippen molar-refractivity contribution in [3.05, 3.63) is 47.7 Å². The third kappa shape index (κ3) is 6.96. The minimum Gasteiger partial charge on any atom is -0.451 e. The summed E-state index contributed by atoms with van der Waals surface area (Å²) in [5.74, 6) is -1.76. The molecule has 11 nitrogen and oxygen atoms in total. The zero-order chi connectivity index (χ0) is 31.6. The van der Waals surface area contributed by atoms with Crippen LogP contribution in [0.1, 0.15) is 83.5 Å². The topological polar surface area (TPSA) is 153 Å². The number of pyridine rings is 1. The van der Waals surface area contributed by atoms with E-state index in [4.69, 9.17) is 9.72 Å². The van der Waals surface area contributed by atoms with Crippen molar-refractivity contribution in [1.82, 2.24) is 26.1 Å². The number of carbonyl (C=O) groups is 3. The number of fused-ring (bicyclic) bond motifs is 4. The second-order valence-electron chi connectivity index (χ2n) is 12.9. The predicted octanol–water partition coefficient (Wildman–Crippen LogP) is 2.72. The minimum absolute atomic E-state index is 0.284. The zero-order valence-electron chi connectivity index (χ0n) is 26.0. The molecule has 1 aliphatic carbocycles. The van der Waals surface area contributed by atoms with E-state index in [0.29, 0.717) is 45.1 Å². The third-order valence-electron chi connectivity index (χ3n) is 9.14. The summed E-state index contributed by atoms with van der Waals surface area (Å²) < 4.78 is 5.94. The minimum atomic E-state index is -1.11. The average molecular weight is 608 g/mol. The van der Waals surface area contributed by atoms with Gasteiger partial charge in [0.05, 0.1) is 28.8 Å². The molecule has 5 unspecified atom stereocenters. The largest absolute Gasteiger partial charge is 0.451 e. The van der Waals surface area contributed by atoms with E-state index < -0.39 is 47.8 Å². The molecule has 3 aliphatic rings. The van der Waals surface area contributed by atoms with Gasteiger partial charge < -0.3 is 20.3 Å². The molecule has 1 aromatic heterocycles. The third-order valence-corrected chi connectivity index (χ3v) is 9.14. The fourth-order valence-electron chi connectivity index (χ4n) is 6.28. The molecule has 1 saturated carbocycles. The van der Waals surface area contributed by atoms with Crippen LogP contribution in [0.2, 0.25) is 0 Å². The van der Waals surface area contributed by atoms with E-state index in [2.05, 4.69) is 16.1 Å². The number of esters is 1. The van der Waals surface area contributed by atoms with Crippen LogP contribution in [0.5, 0.6) is 0 Å². The van der Waals surface area contributed by atoms with Gasteiger partial charge in [0, 0.05) is 18.0 Å². The van der Waals surface area contributed by atoms with Crippen LogP contribution in [0.3, 0.4) is 0 Å². The molecule has 44 heavy (non-hydrogen) atoms. The predicted molar refractivity (Wildman–Crippen MR) is 165 cm³/mol. The number of aromatic nitrogens is 1. The molecule has 2 aromatic rings. The molecule has 1 saturated heterocycles. The first-order valence-electron chi connectivity index (χ1n) is 15.8. The molecule has 238 valence electrons. The summed E-state index contributed by atoms with van der Waals surface area (Å²) in [6, 6.07) is 8.19. The van der Waals surface area contributed by atoms with Crippen LogP contribution >= 0.6 is 0 Å². The number of amides is 2. The number of nitrogens with zero attached hydrogens (tertiary/aromatic N) is 2. The number of cyclic esters (lactones) is 1. The van der Waals surface area contributed by atoms with E-state index in [1.807, 2.05) is 49.4 Å². The molecule has 2 fully saturated rings. The number of hydrogen-bond acceptors (Lipinski definition) is 9. The van der Waals surface area contributed by atoms with Crippen LogP contribution in [0, 0.1) is 11.3 Å². The van der Waals surface area contributed by atoms with Gasteiger partial charge in [-0.25, -0.2) is 5.43 Å². The monoisotopic (exact) mass is 607 g/mol. The first-order chi connectivity index (χ1) is 21.0. The lowest BCUT2D eigenvalue weighted by molar-refractivity contribution is -0.168. The maximum atomic E-state index is 13.9.